The van der Waals surface area contributed by atoms with Gasteiger partial charge in [-0.1, -0.05) is 35.9 Å². The number of hydrogen-bond acceptors (Lipinski definition) is 4. The molecule has 1 saturated heterocycles. The minimum absolute atomic E-state index is 0. The van der Waals surface area contributed by atoms with E-state index < -0.39 is 10.8 Å². The summed E-state index contributed by atoms with van der Waals surface area (Å²) in [5, 5.41) is 3.65. The molecule has 4 N–H and O–H groups in total. The number of piperazine rings is 1. The molecule has 5 rings (SSSR count). The second kappa shape index (κ2) is 12.5. The molecule has 2 aromatic carbocycles. The van der Waals surface area contributed by atoms with E-state index in [-0.39, 0.29) is 17.3 Å². The van der Waals surface area contributed by atoms with Gasteiger partial charge in [-0.3, -0.25) is 13.8 Å². The number of amides is 2. The van der Waals surface area contributed by atoms with Crippen LogP contribution in [0.3, 0.4) is 0 Å². The molecule has 1 unspecified atom stereocenters. The number of aryl methyl sites for hydroxylation is 1. The molecule has 2 amide bonds. The maximum atomic E-state index is 13.7. The minimum Gasteiger partial charge on any atom is -0.412 e. The van der Waals surface area contributed by atoms with Gasteiger partial charge in [-0.05, 0) is 67.8 Å². The fourth-order valence-corrected chi connectivity index (χ4v) is 6.07. The number of likely N-dealkylation sites (N-methyl/N-ethyl adjacent to an activating group) is 1. The molecule has 8 nitrogen and oxygen atoms in total. The van der Waals surface area contributed by atoms with Crippen LogP contribution in [-0.4, -0.2) is 81.5 Å². The Labute approximate surface area is 242 Å². The summed E-state index contributed by atoms with van der Waals surface area (Å²) in [6, 6.07) is 13.4. The second-order valence-corrected chi connectivity index (χ2v) is 12.2. The van der Waals surface area contributed by atoms with Crippen LogP contribution in [0.5, 0.6) is 0 Å². The highest BCUT2D eigenvalue weighted by molar-refractivity contribution is 7.84. The average molecular weight is 583 g/mol. The van der Waals surface area contributed by atoms with Gasteiger partial charge in [0.25, 0.3) is 11.8 Å². The molecule has 212 valence electrons. The molecule has 0 bridgehead atoms. The molecule has 0 radical (unpaired) electrons. The van der Waals surface area contributed by atoms with E-state index in [0.29, 0.717) is 47.8 Å². The number of nitrogens with zero attached hydrogens (tertiary/aromatic N) is 2. The molecule has 10 heteroatoms. The lowest BCUT2D eigenvalue weighted by Gasteiger charge is -2.32. The summed E-state index contributed by atoms with van der Waals surface area (Å²) >= 11 is 6.13. The molecule has 0 saturated carbocycles. The summed E-state index contributed by atoms with van der Waals surface area (Å²) in [4.78, 5) is 34.5. The molecular formula is C30H35ClN4O4S. The van der Waals surface area contributed by atoms with Crippen molar-refractivity contribution in [3.05, 3.63) is 75.6 Å². The van der Waals surface area contributed by atoms with Crippen molar-refractivity contribution in [2.75, 3.05) is 50.6 Å². The van der Waals surface area contributed by atoms with Crippen LogP contribution in [0.25, 0.3) is 22.8 Å². The van der Waals surface area contributed by atoms with Crippen molar-refractivity contribution >= 4 is 51.6 Å². The minimum atomic E-state index is -0.930. The monoisotopic (exact) mass is 582 g/mol. The smallest absolute Gasteiger partial charge is 0.256 e. The second-order valence-electron chi connectivity index (χ2n) is 10.2. The van der Waals surface area contributed by atoms with E-state index in [4.69, 9.17) is 11.6 Å². The lowest BCUT2D eigenvalue weighted by Crippen LogP contribution is -2.47. The number of hydrogen-bond donors (Lipinski definition) is 2. The molecule has 2 aliphatic heterocycles. The molecule has 0 aliphatic carbocycles. The van der Waals surface area contributed by atoms with E-state index in [2.05, 4.69) is 22.2 Å². The van der Waals surface area contributed by atoms with Crippen molar-refractivity contribution in [2.24, 2.45) is 0 Å². The van der Waals surface area contributed by atoms with Gasteiger partial charge in [-0.2, -0.15) is 0 Å². The van der Waals surface area contributed by atoms with Crippen molar-refractivity contribution in [1.29, 1.82) is 0 Å². The lowest BCUT2D eigenvalue weighted by molar-refractivity contribution is -0.110. The first-order valence-electron chi connectivity index (χ1n) is 13.1. The Bertz CT molecular complexity index is 1470. The van der Waals surface area contributed by atoms with Crippen LogP contribution in [0, 0.1) is 6.92 Å². The van der Waals surface area contributed by atoms with Crippen molar-refractivity contribution in [1.82, 2.24) is 14.8 Å². The number of carbonyl (C=O) groups is 2. The van der Waals surface area contributed by atoms with E-state index in [1.807, 2.05) is 60.4 Å². The van der Waals surface area contributed by atoms with E-state index in [9.17, 15) is 13.8 Å². The predicted octanol–water partition coefficient (Wildman–Crippen LogP) is 4.01. The fraction of sp³-hybridized carbons (Fsp3) is 0.333. The number of nitrogens with one attached hydrogen (secondary N) is 2. The molecular weight excluding hydrogens is 548 g/mol. The van der Waals surface area contributed by atoms with E-state index >= 15 is 0 Å². The maximum Gasteiger partial charge on any atom is 0.256 e. The number of halogens is 1. The van der Waals surface area contributed by atoms with Gasteiger partial charge < -0.3 is 25.6 Å². The summed E-state index contributed by atoms with van der Waals surface area (Å²) in [5.74, 6) is 0.366. The highest BCUT2D eigenvalue weighted by Crippen LogP contribution is 2.41. The number of anilines is 1. The molecule has 1 atom stereocenters. The van der Waals surface area contributed by atoms with Crippen LogP contribution in [0.2, 0.25) is 5.02 Å². The Morgan fingerprint density at radius 2 is 1.80 bits per heavy atom. The summed E-state index contributed by atoms with van der Waals surface area (Å²) < 4.78 is 11.8. The fourth-order valence-electron chi connectivity index (χ4n) is 5.40. The van der Waals surface area contributed by atoms with Crippen LogP contribution in [0.4, 0.5) is 5.69 Å². The zero-order valence-electron chi connectivity index (χ0n) is 23.0. The molecule has 0 spiro atoms. The highest BCUT2D eigenvalue weighted by Gasteiger charge is 2.30. The first kappa shape index (κ1) is 29.7. The van der Waals surface area contributed by atoms with Gasteiger partial charge >= 0.3 is 0 Å². The van der Waals surface area contributed by atoms with Crippen LogP contribution >= 0.6 is 11.6 Å². The van der Waals surface area contributed by atoms with Gasteiger partial charge in [-0.15, -0.1) is 0 Å². The van der Waals surface area contributed by atoms with Crippen molar-refractivity contribution in [3.63, 3.8) is 0 Å². The molecule has 40 heavy (non-hydrogen) atoms. The van der Waals surface area contributed by atoms with E-state index in [1.165, 1.54) is 0 Å². The van der Waals surface area contributed by atoms with Crippen molar-refractivity contribution in [2.45, 2.75) is 19.8 Å². The molecule has 3 aromatic rings. The zero-order valence-corrected chi connectivity index (χ0v) is 24.5. The zero-order chi connectivity index (χ0) is 27.7. The van der Waals surface area contributed by atoms with Crippen LogP contribution < -0.4 is 5.32 Å². The van der Waals surface area contributed by atoms with Crippen molar-refractivity contribution in [3.8, 4) is 11.1 Å². The number of H-pyrrole nitrogens is 1. The van der Waals surface area contributed by atoms with Crippen molar-refractivity contribution < 1.29 is 19.3 Å². The number of rotatable bonds is 7. The Hall–Kier alpha value is -3.24. The molecule has 1 aromatic heterocycles. The van der Waals surface area contributed by atoms with Gasteiger partial charge in [-0.25, -0.2) is 0 Å². The Balaban J connectivity index is 0.00000370. The Kier molecular flexibility index (Phi) is 9.30. The van der Waals surface area contributed by atoms with Gasteiger partial charge in [0.1, 0.15) is 0 Å². The number of aromatic amines is 1. The Morgan fingerprint density at radius 1 is 1.10 bits per heavy atom. The van der Waals surface area contributed by atoms with Gasteiger partial charge in [0.05, 0.1) is 11.1 Å². The molecule has 3 heterocycles. The summed E-state index contributed by atoms with van der Waals surface area (Å²) in [5.41, 5.74) is 7.06. The topological polar surface area (TPSA) is 117 Å². The van der Waals surface area contributed by atoms with Gasteiger partial charge in [0.2, 0.25) is 0 Å². The maximum absolute atomic E-state index is 13.7. The quantitative estimate of drug-likeness (QED) is 0.409. The third-order valence-electron chi connectivity index (χ3n) is 7.46. The predicted molar refractivity (Wildman–Crippen MR) is 163 cm³/mol. The summed E-state index contributed by atoms with van der Waals surface area (Å²) in [6.45, 7) is 4.93. The van der Waals surface area contributed by atoms with Gasteiger partial charge in [0, 0.05) is 76.6 Å². The van der Waals surface area contributed by atoms with Crippen LogP contribution in [-0.2, 0) is 22.0 Å². The molecule has 1 fully saturated rings. The third kappa shape index (κ3) is 6.07. The number of fused-ring (bicyclic) bond motifs is 1. The number of aromatic nitrogens is 1. The lowest BCUT2D eigenvalue weighted by atomic mass is 9.93. The average Bonchev–Trinajstić information content (AvgIpc) is 3.39. The number of benzene rings is 2. The standard InChI is InChI=1S/C30H33ClN4O3S.H2O/c1-19-27(30(37)35-15-13-34(2)14-16-35)23(7-5-17-39(3)38)26(32-19)18-24-28-22(20-9-11-21(31)12-10-20)6-4-8-25(28)33-29(24)36;/h4,6,8-12,18,32H,5,7,13-17H2,1-3H3,(H,33,36);1H2/b24-18-;. The Morgan fingerprint density at radius 3 is 2.48 bits per heavy atom. The summed E-state index contributed by atoms with van der Waals surface area (Å²) in [6.07, 6.45) is 4.83. The first-order valence-corrected chi connectivity index (χ1v) is 15.2. The van der Waals surface area contributed by atoms with Crippen LogP contribution in [0.1, 0.15) is 39.3 Å². The van der Waals surface area contributed by atoms with Crippen LogP contribution in [0.15, 0.2) is 42.5 Å². The largest absolute Gasteiger partial charge is 0.412 e. The first-order chi connectivity index (χ1) is 18.7. The third-order valence-corrected chi connectivity index (χ3v) is 8.57. The summed E-state index contributed by atoms with van der Waals surface area (Å²) in [7, 11) is 1.13. The SMILES string of the molecule is Cc1[nH]c(/C=C2\C(=O)Nc3cccc(-c4ccc(Cl)cc4)c32)c(CCCS(C)=O)c1C(=O)N1CCN(C)CC1.O. The highest BCUT2D eigenvalue weighted by atomic mass is 35.5. The molecule has 2 aliphatic rings. The van der Waals surface area contributed by atoms with Gasteiger partial charge in [0.15, 0.2) is 0 Å². The normalized spacial score (nSPS) is 16.9. The van der Waals surface area contributed by atoms with E-state index in [0.717, 1.165) is 52.4 Å². The van der Waals surface area contributed by atoms with E-state index in [1.54, 1.807) is 6.26 Å². The number of carbonyl (C=O) groups excluding carboxylic acids is 2.